The van der Waals surface area contributed by atoms with Crippen molar-refractivity contribution in [2.45, 2.75) is 11.8 Å². The van der Waals surface area contributed by atoms with Gasteiger partial charge < -0.3 is 10.2 Å². The molecule has 0 aromatic heterocycles. The molecular formula is C18H19Cl2FN2O3S. The maximum Gasteiger partial charge on any atom is 0.334 e. The topological polar surface area (TPSA) is 66.5 Å². The molecule has 0 saturated heterocycles. The summed E-state index contributed by atoms with van der Waals surface area (Å²) in [7, 11) is -4.96. The van der Waals surface area contributed by atoms with Gasteiger partial charge in [0.25, 0.3) is 5.91 Å². The monoisotopic (exact) mass is 432 g/mol. The Balaban J connectivity index is 2.34. The van der Waals surface area contributed by atoms with Crippen LogP contribution in [-0.2, 0) is 10.2 Å². The highest BCUT2D eigenvalue weighted by Crippen LogP contribution is 2.25. The normalized spacial score (nSPS) is 11.3. The Hall–Kier alpha value is -1.83. The van der Waals surface area contributed by atoms with Crippen molar-refractivity contribution < 1.29 is 17.1 Å². The van der Waals surface area contributed by atoms with Crippen LogP contribution in [0.2, 0.25) is 0 Å². The lowest BCUT2D eigenvalue weighted by Gasteiger charge is -2.25. The molecule has 5 nitrogen and oxygen atoms in total. The number of amides is 1. The molecule has 9 heteroatoms. The molecule has 0 unspecified atom stereocenters. The molecule has 1 N–H and O–H groups in total. The summed E-state index contributed by atoms with van der Waals surface area (Å²) in [6.07, 6.45) is 0. The molecule has 146 valence electrons. The number of aryl methyl sites for hydroxylation is 1. The van der Waals surface area contributed by atoms with Crippen LogP contribution in [0, 0.1) is 6.92 Å². The van der Waals surface area contributed by atoms with Gasteiger partial charge in [0.2, 0.25) is 0 Å². The fourth-order valence-electron chi connectivity index (χ4n) is 2.63. The molecule has 1 amide bonds. The lowest BCUT2D eigenvalue weighted by molar-refractivity contribution is 0.102. The number of nitrogens with one attached hydrogen (secondary N) is 1. The molecular weight excluding hydrogens is 414 g/mol. The summed E-state index contributed by atoms with van der Waals surface area (Å²) in [4.78, 5) is 14.0. The van der Waals surface area contributed by atoms with Gasteiger partial charge in [-0.05, 0) is 36.8 Å². The predicted molar refractivity (Wildman–Crippen MR) is 108 cm³/mol. The van der Waals surface area contributed by atoms with E-state index >= 15 is 0 Å². The van der Waals surface area contributed by atoms with E-state index in [2.05, 4.69) is 5.32 Å². The minimum absolute atomic E-state index is 0.120. The molecule has 2 aromatic rings. The summed E-state index contributed by atoms with van der Waals surface area (Å²) >= 11 is 11.7. The Morgan fingerprint density at radius 2 is 1.74 bits per heavy atom. The number of hydrogen-bond donors (Lipinski definition) is 1. The van der Waals surface area contributed by atoms with Gasteiger partial charge in [-0.2, -0.15) is 8.42 Å². The summed E-state index contributed by atoms with van der Waals surface area (Å²) in [5, 5.41) is 2.45. The summed E-state index contributed by atoms with van der Waals surface area (Å²) in [5.74, 6) is 0.243. The maximum atomic E-state index is 13.4. The summed E-state index contributed by atoms with van der Waals surface area (Å²) in [6, 6.07) is 10.4. The third-order valence-corrected chi connectivity index (χ3v) is 5.14. The van der Waals surface area contributed by atoms with Crippen LogP contribution in [0.3, 0.4) is 0 Å². The van der Waals surface area contributed by atoms with Crippen LogP contribution in [0.5, 0.6) is 0 Å². The number of carbonyl (C=O) groups excluding carboxylic acids is 1. The molecule has 0 aliphatic carbocycles. The van der Waals surface area contributed by atoms with E-state index in [4.69, 9.17) is 23.2 Å². The number of anilines is 2. The molecule has 2 rings (SSSR count). The smallest absolute Gasteiger partial charge is 0.334 e. The van der Waals surface area contributed by atoms with Gasteiger partial charge in [-0.15, -0.1) is 27.1 Å². The van der Waals surface area contributed by atoms with Crippen LogP contribution in [0.4, 0.5) is 15.3 Å². The zero-order chi connectivity index (χ0) is 20.0. The van der Waals surface area contributed by atoms with Crippen LogP contribution in [0.1, 0.15) is 15.9 Å². The second-order valence-corrected chi connectivity index (χ2v) is 7.83. The highest BCUT2D eigenvalue weighted by molar-refractivity contribution is 7.86. The molecule has 27 heavy (non-hydrogen) atoms. The van der Waals surface area contributed by atoms with Crippen LogP contribution in [0.15, 0.2) is 47.4 Å². The van der Waals surface area contributed by atoms with Gasteiger partial charge >= 0.3 is 10.2 Å². The van der Waals surface area contributed by atoms with Gasteiger partial charge in [0.15, 0.2) is 0 Å². The maximum absolute atomic E-state index is 13.4. The largest absolute Gasteiger partial charge is 0.369 e. The van der Waals surface area contributed by atoms with Crippen molar-refractivity contribution in [3.05, 3.63) is 53.6 Å². The zero-order valence-corrected chi connectivity index (χ0v) is 16.9. The third-order valence-electron chi connectivity index (χ3n) is 3.92. The number of halogens is 3. The first kappa shape index (κ1) is 21.5. The number of alkyl halides is 2. The Kier molecular flexibility index (Phi) is 7.47. The predicted octanol–water partition coefficient (Wildman–Crippen LogP) is 4.19. The molecule has 0 spiro atoms. The number of para-hydroxylation sites is 1. The van der Waals surface area contributed by atoms with Gasteiger partial charge in [0.1, 0.15) is 4.90 Å². The summed E-state index contributed by atoms with van der Waals surface area (Å²) < 4.78 is 35.9. The minimum Gasteiger partial charge on any atom is -0.369 e. The molecule has 0 radical (unpaired) electrons. The molecule has 0 atom stereocenters. The number of carbonyl (C=O) groups is 1. The van der Waals surface area contributed by atoms with Crippen molar-refractivity contribution in [2.24, 2.45) is 0 Å². The highest BCUT2D eigenvalue weighted by Gasteiger charge is 2.19. The number of nitrogens with zero attached hydrogens (tertiary/aromatic N) is 1. The van der Waals surface area contributed by atoms with Crippen molar-refractivity contribution in [3.8, 4) is 0 Å². The SMILES string of the molecule is Cc1ccc(C(=O)Nc2ccccc2S(=O)(=O)F)cc1N(CCCl)CCCl. The van der Waals surface area contributed by atoms with Gasteiger partial charge in [-0.3, -0.25) is 4.79 Å². The van der Waals surface area contributed by atoms with Gasteiger partial charge in [0.05, 0.1) is 5.69 Å². The first-order chi connectivity index (χ1) is 12.8. The molecule has 0 fully saturated rings. The third kappa shape index (κ3) is 5.57. The van der Waals surface area contributed by atoms with Crippen LogP contribution in [0.25, 0.3) is 0 Å². The van der Waals surface area contributed by atoms with Crippen molar-refractivity contribution >= 4 is 50.7 Å². The number of benzene rings is 2. The average Bonchev–Trinajstić information content (AvgIpc) is 2.61. The standard InChI is InChI=1S/C18H19Cl2FN2O3S/c1-13-6-7-14(12-16(13)23(10-8-19)11-9-20)18(24)22-15-4-2-3-5-17(15)27(21,25)26/h2-7,12H,8-11H2,1H3,(H,22,24). The zero-order valence-electron chi connectivity index (χ0n) is 14.6. The molecule has 0 heterocycles. The second-order valence-electron chi connectivity index (χ2n) is 5.75. The van der Waals surface area contributed by atoms with E-state index in [1.54, 1.807) is 18.2 Å². The molecule has 0 aliphatic heterocycles. The molecule has 2 aromatic carbocycles. The number of hydrogen-bond acceptors (Lipinski definition) is 4. The van der Waals surface area contributed by atoms with E-state index in [0.29, 0.717) is 30.4 Å². The van der Waals surface area contributed by atoms with Gasteiger partial charge in [0, 0.05) is 36.1 Å². The molecule has 0 saturated carbocycles. The van der Waals surface area contributed by atoms with E-state index in [1.807, 2.05) is 11.8 Å². The van der Waals surface area contributed by atoms with Crippen molar-refractivity contribution in [1.82, 2.24) is 0 Å². The second kappa shape index (κ2) is 9.39. The van der Waals surface area contributed by atoms with E-state index in [9.17, 15) is 17.1 Å². The fourth-order valence-corrected chi connectivity index (χ4v) is 3.66. The average molecular weight is 433 g/mol. The highest BCUT2D eigenvalue weighted by atomic mass is 35.5. The minimum atomic E-state index is -4.96. The Morgan fingerprint density at radius 1 is 1.11 bits per heavy atom. The van der Waals surface area contributed by atoms with Gasteiger partial charge in [-0.1, -0.05) is 18.2 Å². The quantitative estimate of drug-likeness (QED) is 0.501. The Bertz CT molecular complexity index is 917. The van der Waals surface area contributed by atoms with Crippen molar-refractivity contribution in [1.29, 1.82) is 0 Å². The fraction of sp³-hybridized carbons (Fsp3) is 0.278. The molecule has 0 bridgehead atoms. The van der Waals surface area contributed by atoms with Crippen molar-refractivity contribution in [2.75, 3.05) is 35.1 Å². The van der Waals surface area contributed by atoms with E-state index in [0.717, 1.165) is 17.3 Å². The Morgan fingerprint density at radius 3 is 2.33 bits per heavy atom. The van der Waals surface area contributed by atoms with Gasteiger partial charge in [-0.25, -0.2) is 0 Å². The summed E-state index contributed by atoms with van der Waals surface area (Å²) in [6.45, 7) is 3.02. The number of rotatable bonds is 8. The summed E-state index contributed by atoms with van der Waals surface area (Å²) in [5.41, 5.74) is 1.92. The van der Waals surface area contributed by atoms with E-state index in [1.165, 1.54) is 18.2 Å². The molecule has 0 aliphatic rings. The van der Waals surface area contributed by atoms with E-state index < -0.39 is 21.0 Å². The van der Waals surface area contributed by atoms with Crippen LogP contribution in [-0.4, -0.2) is 39.2 Å². The lowest BCUT2D eigenvalue weighted by Crippen LogP contribution is -2.28. The first-order valence-electron chi connectivity index (χ1n) is 8.10. The Labute approximate surface area is 168 Å². The van der Waals surface area contributed by atoms with Crippen molar-refractivity contribution in [3.63, 3.8) is 0 Å². The van der Waals surface area contributed by atoms with E-state index in [-0.39, 0.29) is 5.69 Å². The van der Waals surface area contributed by atoms with Crippen LogP contribution >= 0.6 is 23.2 Å². The van der Waals surface area contributed by atoms with Crippen LogP contribution < -0.4 is 10.2 Å². The lowest BCUT2D eigenvalue weighted by atomic mass is 10.1. The first-order valence-corrected chi connectivity index (χ1v) is 10.6.